The number of nitrogens with one attached hydrogen (secondary N) is 1. The van der Waals surface area contributed by atoms with Gasteiger partial charge in [0.2, 0.25) is 0 Å². The van der Waals surface area contributed by atoms with Gasteiger partial charge >= 0.3 is 6.09 Å². The first kappa shape index (κ1) is 9.52. The van der Waals surface area contributed by atoms with E-state index in [9.17, 15) is 4.79 Å². The number of rotatable bonds is 3. The van der Waals surface area contributed by atoms with Crippen molar-refractivity contribution in [1.29, 1.82) is 0 Å². The van der Waals surface area contributed by atoms with Gasteiger partial charge in [0, 0.05) is 4.88 Å². The zero-order valence-corrected chi connectivity index (χ0v) is 8.89. The Kier molecular flexibility index (Phi) is 2.46. The summed E-state index contributed by atoms with van der Waals surface area (Å²) in [7, 11) is 0. The molecule has 1 unspecified atom stereocenters. The number of hydrogen-bond acceptors (Lipinski definition) is 3. The molecule has 14 heavy (non-hydrogen) atoms. The predicted molar refractivity (Wildman–Crippen MR) is 55.5 cm³/mol. The van der Waals surface area contributed by atoms with Crippen LogP contribution >= 0.6 is 11.3 Å². The van der Waals surface area contributed by atoms with Crippen LogP contribution < -0.4 is 5.32 Å². The maximum Gasteiger partial charge on any atom is 0.407 e. The van der Waals surface area contributed by atoms with Crippen LogP contribution in [0.15, 0.2) is 17.5 Å². The minimum atomic E-state index is -0.293. The topological polar surface area (TPSA) is 38.3 Å². The Morgan fingerprint density at radius 3 is 3.14 bits per heavy atom. The molecule has 4 heteroatoms. The molecule has 1 aliphatic heterocycles. The highest BCUT2D eigenvalue weighted by molar-refractivity contribution is 7.09. The lowest BCUT2D eigenvalue weighted by Gasteiger charge is -2.19. The molecule has 2 heterocycles. The van der Waals surface area contributed by atoms with E-state index in [1.165, 1.54) is 4.88 Å². The minimum absolute atomic E-state index is 0.179. The maximum absolute atomic E-state index is 10.9. The number of alkyl carbamates (subject to hydrolysis) is 1. The molecule has 76 valence electrons. The smallest absolute Gasteiger partial charge is 0.407 e. The average Bonchev–Trinajstić information content (AvgIpc) is 2.73. The molecule has 0 aliphatic carbocycles. The van der Waals surface area contributed by atoms with E-state index in [4.69, 9.17) is 4.74 Å². The van der Waals surface area contributed by atoms with Crippen molar-refractivity contribution in [1.82, 2.24) is 5.32 Å². The third-order valence-electron chi connectivity index (χ3n) is 2.43. The lowest BCUT2D eigenvalue weighted by atomic mass is 9.97. The number of amides is 1. The molecule has 1 aromatic rings. The Balaban J connectivity index is 1.89. The Morgan fingerprint density at radius 1 is 1.71 bits per heavy atom. The van der Waals surface area contributed by atoms with E-state index in [1.54, 1.807) is 11.3 Å². The fourth-order valence-corrected chi connectivity index (χ4v) is 2.24. The van der Waals surface area contributed by atoms with Crippen LogP contribution in [0.5, 0.6) is 0 Å². The van der Waals surface area contributed by atoms with E-state index < -0.39 is 0 Å². The van der Waals surface area contributed by atoms with Crippen molar-refractivity contribution in [2.24, 2.45) is 0 Å². The summed E-state index contributed by atoms with van der Waals surface area (Å²) in [5, 5.41) is 4.91. The highest BCUT2D eigenvalue weighted by Gasteiger charge is 2.34. The fraction of sp³-hybridized carbons (Fsp3) is 0.500. The largest absolute Gasteiger partial charge is 0.447 e. The number of cyclic esters (lactones) is 1. The third-order valence-corrected chi connectivity index (χ3v) is 3.37. The molecule has 0 aromatic carbocycles. The molecule has 0 saturated carbocycles. The summed E-state index contributed by atoms with van der Waals surface area (Å²) < 4.78 is 4.89. The molecule has 2 rings (SSSR count). The van der Waals surface area contributed by atoms with Gasteiger partial charge in [-0.25, -0.2) is 4.79 Å². The predicted octanol–water partition coefficient (Wildman–Crippen LogP) is 2.18. The molecule has 0 spiro atoms. The van der Waals surface area contributed by atoms with Gasteiger partial charge in [-0.1, -0.05) is 6.07 Å². The molecule has 1 amide bonds. The van der Waals surface area contributed by atoms with Gasteiger partial charge in [0.05, 0.1) is 5.54 Å². The first-order valence-electron chi connectivity index (χ1n) is 4.65. The van der Waals surface area contributed by atoms with Crippen molar-refractivity contribution in [2.75, 3.05) is 6.61 Å². The Bertz CT molecular complexity index is 323. The van der Waals surface area contributed by atoms with Crippen molar-refractivity contribution >= 4 is 17.4 Å². The van der Waals surface area contributed by atoms with Crippen LogP contribution in [0.25, 0.3) is 0 Å². The van der Waals surface area contributed by atoms with Gasteiger partial charge in [-0.2, -0.15) is 0 Å². The van der Waals surface area contributed by atoms with Crippen LogP contribution in [0.4, 0.5) is 4.79 Å². The Morgan fingerprint density at radius 2 is 2.57 bits per heavy atom. The number of hydrogen-bond donors (Lipinski definition) is 1. The molecular weight excluding hydrogens is 198 g/mol. The third kappa shape index (κ3) is 2.07. The zero-order chi connectivity index (χ0) is 10.0. The van der Waals surface area contributed by atoms with Gasteiger partial charge in [-0.05, 0) is 31.2 Å². The van der Waals surface area contributed by atoms with Crippen molar-refractivity contribution in [3.8, 4) is 0 Å². The number of ether oxygens (including phenoxy) is 1. The highest BCUT2D eigenvalue weighted by atomic mass is 32.1. The van der Waals surface area contributed by atoms with Gasteiger partial charge in [-0.15, -0.1) is 11.3 Å². The van der Waals surface area contributed by atoms with Gasteiger partial charge < -0.3 is 10.1 Å². The van der Waals surface area contributed by atoms with Crippen molar-refractivity contribution < 1.29 is 9.53 Å². The fourth-order valence-electron chi connectivity index (χ4n) is 1.53. The molecule has 1 fully saturated rings. The number of carbonyl (C=O) groups is 1. The average molecular weight is 211 g/mol. The SMILES string of the molecule is CC1(CCc2cccs2)COC(=O)N1. The number of aryl methyl sites for hydroxylation is 1. The van der Waals surface area contributed by atoms with Crippen LogP contribution in [-0.4, -0.2) is 18.2 Å². The first-order chi connectivity index (χ1) is 6.68. The van der Waals surface area contributed by atoms with Crippen LogP contribution in [-0.2, 0) is 11.2 Å². The van der Waals surface area contributed by atoms with Gasteiger partial charge in [-0.3, -0.25) is 0 Å². The molecule has 1 aromatic heterocycles. The van der Waals surface area contributed by atoms with Crippen molar-refractivity contribution in [2.45, 2.75) is 25.3 Å². The highest BCUT2D eigenvalue weighted by Crippen LogP contribution is 2.21. The second-order valence-corrected chi connectivity index (χ2v) is 4.87. The molecular formula is C10H13NO2S. The van der Waals surface area contributed by atoms with E-state index in [0.29, 0.717) is 6.61 Å². The summed E-state index contributed by atoms with van der Waals surface area (Å²) in [5.41, 5.74) is -0.179. The van der Waals surface area contributed by atoms with Crippen molar-refractivity contribution in [3.05, 3.63) is 22.4 Å². The van der Waals surface area contributed by atoms with Crippen LogP contribution in [0, 0.1) is 0 Å². The standard InChI is InChI=1S/C10H13NO2S/c1-10(7-13-9(12)11-10)5-4-8-3-2-6-14-8/h2-3,6H,4-5,7H2,1H3,(H,11,12). The summed E-state index contributed by atoms with van der Waals surface area (Å²) in [5.74, 6) is 0. The molecule has 1 aliphatic rings. The normalized spacial score (nSPS) is 25.9. The van der Waals surface area contributed by atoms with Gasteiger partial charge in [0.15, 0.2) is 0 Å². The number of carbonyl (C=O) groups excluding carboxylic acids is 1. The maximum atomic E-state index is 10.9. The van der Waals surface area contributed by atoms with Gasteiger partial charge in [0.25, 0.3) is 0 Å². The van der Waals surface area contributed by atoms with E-state index in [0.717, 1.165) is 12.8 Å². The zero-order valence-electron chi connectivity index (χ0n) is 8.08. The second-order valence-electron chi connectivity index (χ2n) is 3.84. The second kappa shape index (κ2) is 3.61. The Labute approximate surface area is 87.1 Å². The van der Waals surface area contributed by atoms with E-state index in [2.05, 4.69) is 16.8 Å². The quantitative estimate of drug-likeness (QED) is 0.832. The summed E-state index contributed by atoms with van der Waals surface area (Å²) in [6.07, 6.45) is 1.63. The molecule has 1 saturated heterocycles. The minimum Gasteiger partial charge on any atom is -0.447 e. The van der Waals surface area contributed by atoms with Gasteiger partial charge in [0.1, 0.15) is 6.61 Å². The van der Waals surface area contributed by atoms with Crippen LogP contribution in [0.3, 0.4) is 0 Å². The first-order valence-corrected chi connectivity index (χ1v) is 5.53. The summed E-state index contributed by atoms with van der Waals surface area (Å²) in [6.45, 7) is 2.50. The van der Waals surface area contributed by atoms with E-state index in [-0.39, 0.29) is 11.6 Å². The van der Waals surface area contributed by atoms with Crippen molar-refractivity contribution in [3.63, 3.8) is 0 Å². The lowest BCUT2D eigenvalue weighted by molar-refractivity contribution is 0.172. The van der Waals surface area contributed by atoms with E-state index >= 15 is 0 Å². The lowest BCUT2D eigenvalue weighted by Crippen LogP contribution is -2.40. The molecule has 0 bridgehead atoms. The summed E-state index contributed by atoms with van der Waals surface area (Å²) in [6, 6.07) is 4.16. The Hall–Kier alpha value is -1.03. The molecule has 3 nitrogen and oxygen atoms in total. The summed E-state index contributed by atoms with van der Waals surface area (Å²) in [4.78, 5) is 12.2. The molecule has 1 atom stereocenters. The van der Waals surface area contributed by atoms with E-state index in [1.807, 2.05) is 13.0 Å². The monoisotopic (exact) mass is 211 g/mol. The molecule has 1 N–H and O–H groups in total. The van der Waals surface area contributed by atoms with Crippen LogP contribution in [0.2, 0.25) is 0 Å². The van der Waals surface area contributed by atoms with Crippen LogP contribution in [0.1, 0.15) is 18.2 Å². The molecule has 0 radical (unpaired) electrons. The number of thiophene rings is 1. The summed E-state index contributed by atoms with van der Waals surface area (Å²) >= 11 is 1.75.